The van der Waals surface area contributed by atoms with Gasteiger partial charge in [0.1, 0.15) is 0 Å². The van der Waals surface area contributed by atoms with Crippen LogP contribution in [0.1, 0.15) is 58.3 Å². The average molecular weight is 466 g/mol. The molecule has 1 saturated heterocycles. The summed E-state index contributed by atoms with van der Waals surface area (Å²) in [6.07, 6.45) is 8.00. The number of fused-ring (bicyclic) bond motifs is 1. The molecule has 0 aromatic heterocycles. The lowest BCUT2D eigenvalue weighted by atomic mass is 9.99. The van der Waals surface area contributed by atoms with Crippen LogP contribution in [-0.2, 0) is 19.6 Å². The van der Waals surface area contributed by atoms with Crippen LogP contribution in [-0.4, -0.2) is 49.5 Å². The topological polar surface area (TPSA) is 95.6 Å². The van der Waals surface area contributed by atoms with E-state index in [-0.39, 0.29) is 22.8 Å². The average Bonchev–Trinajstić information content (AvgIpc) is 3.01. The van der Waals surface area contributed by atoms with Crippen molar-refractivity contribution >= 4 is 39.3 Å². The van der Waals surface area contributed by atoms with Crippen molar-refractivity contribution in [1.82, 2.24) is 9.62 Å². The molecule has 1 aromatic carbocycles. The number of nitrogens with zero attached hydrogens (tertiary/aromatic N) is 1. The minimum atomic E-state index is -3.67. The van der Waals surface area contributed by atoms with Gasteiger partial charge in [-0.05, 0) is 49.8 Å². The number of anilines is 1. The van der Waals surface area contributed by atoms with Crippen LogP contribution in [0.5, 0.6) is 0 Å². The fourth-order valence-corrected chi connectivity index (χ4v) is 6.88. The fourth-order valence-electron chi connectivity index (χ4n) is 4.50. The molecule has 1 saturated carbocycles. The second-order valence-electron chi connectivity index (χ2n) is 8.96. The maximum Gasteiger partial charge on any atom is 0.247 e. The molecule has 31 heavy (non-hydrogen) atoms. The second-order valence-corrected chi connectivity index (χ2v) is 11.8. The third kappa shape index (κ3) is 5.26. The molecule has 2 N–H and O–H groups in total. The van der Waals surface area contributed by atoms with Gasteiger partial charge in [0, 0.05) is 24.0 Å². The molecule has 4 rings (SSSR count). The van der Waals surface area contributed by atoms with E-state index in [1.165, 1.54) is 17.8 Å². The summed E-state index contributed by atoms with van der Waals surface area (Å²) in [5.74, 6) is 0.0590. The van der Waals surface area contributed by atoms with Gasteiger partial charge < -0.3 is 10.2 Å². The molecule has 1 aliphatic carbocycles. The summed E-state index contributed by atoms with van der Waals surface area (Å²) in [7, 11) is -3.67. The molecule has 0 unspecified atom stereocenters. The maximum absolute atomic E-state index is 12.9. The Labute approximate surface area is 188 Å². The number of rotatable bonds is 4. The highest BCUT2D eigenvalue weighted by Gasteiger charge is 2.37. The molecule has 2 aliphatic heterocycles. The van der Waals surface area contributed by atoms with Gasteiger partial charge in [-0.2, -0.15) is 0 Å². The number of hydrogen-bond donors (Lipinski definition) is 2. The molecule has 2 heterocycles. The lowest BCUT2D eigenvalue weighted by Gasteiger charge is -2.33. The summed E-state index contributed by atoms with van der Waals surface area (Å²) >= 11 is 1.21. The molecule has 0 spiro atoms. The number of carbonyl (C=O) groups excluding carboxylic acids is 2. The predicted octanol–water partition coefficient (Wildman–Crippen LogP) is 3.36. The Morgan fingerprint density at radius 1 is 1.10 bits per heavy atom. The third-order valence-corrected chi connectivity index (χ3v) is 9.28. The number of amides is 2. The number of carbonyl (C=O) groups is 2. The molecule has 0 bridgehead atoms. The largest absolute Gasteiger partial charge is 0.341 e. The number of likely N-dealkylation sites (tertiary alicyclic amines) is 1. The smallest absolute Gasteiger partial charge is 0.247 e. The van der Waals surface area contributed by atoms with Crippen LogP contribution >= 0.6 is 11.8 Å². The number of hydrogen-bond acceptors (Lipinski definition) is 5. The van der Waals surface area contributed by atoms with E-state index in [0.717, 1.165) is 56.3 Å². The first-order valence-electron chi connectivity index (χ1n) is 11.3. The Bertz CT molecular complexity index is 934. The van der Waals surface area contributed by atoms with E-state index in [1.807, 2.05) is 0 Å². The summed E-state index contributed by atoms with van der Waals surface area (Å²) in [5.41, 5.74) is 0.454. The van der Waals surface area contributed by atoms with Crippen LogP contribution in [0.15, 0.2) is 28.0 Å². The number of sulfonamides is 1. The quantitative estimate of drug-likeness (QED) is 0.525. The summed E-state index contributed by atoms with van der Waals surface area (Å²) in [4.78, 5) is 28.2. The van der Waals surface area contributed by atoms with E-state index < -0.39 is 15.3 Å². The van der Waals surface area contributed by atoms with E-state index in [1.54, 1.807) is 17.0 Å². The number of benzene rings is 1. The normalized spacial score (nSPS) is 23.7. The molecule has 3 aliphatic rings. The molecule has 2 fully saturated rings. The van der Waals surface area contributed by atoms with E-state index in [0.29, 0.717) is 24.7 Å². The van der Waals surface area contributed by atoms with Gasteiger partial charge in [0.05, 0.1) is 10.6 Å². The Morgan fingerprint density at radius 2 is 1.77 bits per heavy atom. The van der Waals surface area contributed by atoms with Gasteiger partial charge in [-0.1, -0.05) is 32.6 Å². The van der Waals surface area contributed by atoms with Crippen molar-refractivity contribution in [2.45, 2.75) is 79.4 Å². The van der Waals surface area contributed by atoms with E-state index in [4.69, 9.17) is 0 Å². The minimum Gasteiger partial charge on any atom is -0.341 e. The van der Waals surface area contributed by atoms with Gasteiger partial charge in [0.15, 0.2) is 5.25 Å². The van der Waals surface area contributed by atoms with Gasteiger partial charge >= 0.3 is 0 Å². The lowest BCUT2D eigenvalue weighted by Crippen LogP contribution is -2.47. The van der Waals surface area contributed by atoms with Crippen LogP contribution < -0.4 is 10.0 Å². The lowest BCUT2D eigenvalue weighted by molar-refractivity contribution is -0.135. The molecule has 0 radical (unpaired) electrons. The van der Waals surface area contributed by atoms with Gasteiger partial charge in [-0.25, -0.2) is 13.1 Å². The van der Waals surface area contributed by atoms with Gasteiger partial charge in [0.2, 0.25) is 21.8 Å². The van der Waals surface area contributed by atoms with Crippen LogP contribution in [0, 0.1) is 5.92 Å². The number of nitrogens with one attached hydrogen (secondary N) is 2. The van der Waals surface area contributed by atoms with Gasteiger partial charge in [-0.3, -0.25) is 9.59 Å². The molecule has 7 nitrogen and oxygen atoms in total. The first-order chi connectivity index (χ1) is 14.8. The van der Waals surface area contributed by atoms with Crippen LogP contribution in [0.2, 0.25) is 0 Å². The first-order valence-corrected chi connectivity index (χ1v) is 13.6. The highest BCUT2D eigenvalue weighted by atomic mass is 32.2. The maximum atomic E-state index is 12.9. The van der Waals surface area contributed by atoms with Crippen molar-refractivity contribution < 1.29 is 18.0 Å². The number of thioether (sulfide) groups is 1. The van der Waals surface area contributed by atoms with Crippen molar-refractivity contribution in [3.63, 3.8) is 0 Å². The van der Waals surface area contributed by atoms with Crippen molar-refractivity contribution in [3.05, 3.63) is 18.2 Å². The Balaban J connectivity index is 1.46. The molecular weight excluding hydrogens is 434 g/mol. The van der Waals surface area contributed by atoms with Gasteiger partial charge in [-0.15, -0.1) is 11.8 Å². The Morgan fingerprint density at radius 3 is 2.45 bits per heavy atom. The Hall–Kier alpha value is -1.58. The molecule has 1 aromatic rings. The van der Waals surface area contributed by atoms with Crippen molar-refractivity contribution in [2.24, 2.45) is 5.92 Å². The zero-order chi connectivity index (χ0) is 22.0. The second kappa shape index (κ2) is 9.50. The molecule has 1 atom stereocenters. The SMILES string of the molecule is CC1CCN(C(=O)[C@@H]2Sc3ccc(S(=O)(=O)NC4CCCCCC4)cc3NC2=O)CC1. The molecule has 9 heteroatoms. The van der Waals surface area contributed by atoms with Crippen molar-refractivity contribution in [3.8, 4) is 0 Å². The van der Waals surface area contributed by atoms with Gasteiger partial charge in [0.25, 0.3) is 0 Å². The first kappa shape index (κ1) is 22.6. The van der Waals surface area contributed by atoms with Crippen molar-refractivity contribution in [1.29, 1.82) is 0 Å². The van der Waals surface area contributed by atoms with E-state index in [9.17, 15) is 18.0 Å². The summed E-state index contributed by atoms with van der Waals surface area (Å²) < 4.78 is 28.6. The zero-order valence-corrected chi connectivity index (χ0v) is 19.6. The highest BCUT2D eigenvalue weighted by Crippen LogP contribution is 2.38. The zero-order valence-electron chi connectivity index (χ0n) is 17.9. The number of piperidine rings is 1. The summed E-state index contributed by atoms with van der Waals surface area (Å²) in [6, 6.07) is 4.72. The van der Waals surface area contributed by atoms with Crippen LogP contribution in [0.25, 0.3) is 0 Å². The summed E-state index contributed by atoms with van der Waals surface area (Å²) in [5, 5.41) is 1.94. The van der Waals surface area contributed by atoms with E-state index >= 15 is 0 Å². The molecule has 2 amide bonds. The Kier molecular flexibility index (Phi) is 6.93. The molecular formula is C22H31N3O4S2. The monoisotopic (exact) mass is 465 g/mol. The van der Waals surface area contributed by atoms with Crippen LogP contribution in [0.4, 0.5) is 5.69 Å². The predicted molar refractivity (Wildman–Crippen MR) is 122 cm³/mol. The fraction of sp³-hybridized carbons (Fsp3) is 0.636. The van der Waals surface area contributed by atoms with Crippen molar-refractivity contribution in [2.75, 3.05) is 18.4 Å². The third-order valence-electron chi connectivity index (χ3n) is 6.50. The molecule has 170 valence electrons. The van der Waals surface area contributed by atoms with Crippen LogP contribution in [0.3, 0.4) is 0 Å². The highest BCUT2D eigenvalue weighted by molar-refractivity contribution is 8.01. The minimum absolute atomic E-state index is 0.0400. The summed E-state index contributed by atoms with van der Waals surface area (Å²) in [6.45, 7) is 3.54. The van der Waals surface area contributed by atoms with E-state index in [2.05, 4.69) is 17.0 Å². The standard InChI is InChI=1S/C22H31N3O4S2/c1-15-10-12-25(13-11-15)22(27)20-21(26)23-18-14-17(8-9-19(18)30-20)31(28,29)24-16-6-4-2-3-5-7-16/h8-9,14-16,20,24H,2-7,10-13H2,1H3,(H,23,26)/t20-/m1/s1.